The first-order valence-corrected chi connectivity index (χ1v) is 5.23. The van der Waals surface area contributed by atoms with Gasteiger partial charge >= 0.3 is 6.09 Å². The van der Waals surface area contributed by atoms with Gasteiger partial charge in [-0.2, -0.15) is 0 Å². The molecule has 0 unspecified atom stereocenters. The molecule has 1 amide bonds. The summed E-state index contributed by atoms with van der Waals surface area (Å²) < 4.78 is 5.07. The number of hydrogen-bond acceptors (Lipinski definition) is 4. The average Bonchev–Trinajstić information content (AvgIpc) is 2.09. The molecule has 0 spiro atoms. The van der Waals surface area contributed by atoms with Crippen molar-refractivity contribution in [2.24, 2.45) is 5.84 Å². The SMILES string of the molecule is CC(C)(C)OC(=O)N(N)CCCCCO. The molecule has 0 aliphatic rings. The van der Waals surface area contributed by atoms with Crippen LogP contribution in [0.2, 0.25) is 0 Å². The van der Waals surface area contributed by atoms with Crippen LogP contribution >= 0.6 is 0 Å². The van der Waals surface area contributed by atoms with E-state index in [9.17, 15) is 4.79 Å². The van der Waals surface area contributed by atoms with Crippen LogP contribution in [0.15, 0.2) is 0 Å². The summed E-state index contributed by atoms with van der Waals surface area (Å²) in [6.07, 6.45) is 1.86. The predicted octanol–water partition coefficient (Wildman–Crippen LogP) is 1.26. The first-order valence-electron chi connectivity index (χ1n) is 5.23. The number of aliphatic hydroxyl groups is 1. The molecule has 0 bridgehead atoms. The molecule has 0 saturated carbocycles. The van der Waals surface area contributed by atoms with Crippen LogP contribution in [-0.2, 0) is 4.74 Å². The van der Waals surface area contributed by atoms with Crippen molar-refractivity contribution >= 4 is 6.09 Å². The van der Waals surface area contributed by atoms with Crippen molar-refractivity contribution < 1.29 is 14.6 Å². The second-order valence-corrected chi connectivity index (χ2v) is 4.46. The van der Waals surface area contributed by atoms with E-state index >= 15 is 0 Å². The zero-order valence-corrected chi connectivity index (χ0v) is 9.82. The number of unbranched alkanes of at least 4 members (excludes halogenated alkanes) is 2. The minimum absolute atomic E-state index is 0.178. The molecule has 0 atom stereocenters. The Kier molecular flexibility index (Phi) is 6.27. The van der Waals surface area contributed by atoms with Crippen molar-refractivity contribution in [2.45, 2.75) is 45.6 Å². The van der Waals surface area contributed by atoms with E-state index in [2.05, 4.69) is 0 Å². The van der Waals surface area contributed by atoms with Gasteiger partial charge in [-0.05, 0) is 40.0 Å². The van der Waals surface area contributed by atoms with E-state index in [1.807, 2.05) is 0 Å². The Morgan fingerprint density at radius 1 is 1.33 bits per heavy atom. The Bertz CT molecular complexity index is 190. The normalized spacial score (nSPS) is 11.3. The molecule has 0 aromatic rings. The molecule has 0 fully saturated rings. The summed E-state index contributed by atoms with van der Waals surface area (Å²) >= 11 is 0. The first-order chi connectivity index (χ1) is 6.87. The van der Waals surface area contributed by atoms with E-state index in [-0.39, 0.29) is 6.61 Å². The number of rotatable bonds is 5. The topological polar surface area (TPSA) is 75.8 Å². The van der Waals surface area contributed by atoms with E-state index < -0.39 is 11.7 Å². The number of nitrogens with two attached hydrogens (primary N) is 1. The molecule has 0 aliphatic carbocycles. The highest BCUT2D eigenvalue weighted by atomic mass is 16.6. The number of aliphatic hydroxyl groups excluding tert-OH is 1. The summed E-state index contributed by atoms with van der Waals surface area (Å²) in [4.78, 5) is 11.4. The van der Waals surface area contributed by atoms with Crippen molar-refractivity contribution in [3.05, 3.63) is 0 Å². The van der Waals surface area contributed by atoms with Crippen LogP contribution in [0, 0.1) is 0 Å². The zero-order chi connectivity index (χ0) is 11.9. The highest BCUT2D eigenvalue weighted by Crippen LogP contribution is 2.08. The monoisotopic (exact) mass is 218 g/mol. The minimum atomic E-state index is -0.514. The smallest absolute Gasteiger partial charge is 0.424 e. The van der Waals surface area contributed by atoms with Gasteiger partial charge in [0, 0.05) is 13.2 Å². The van der Waals surface area contributed by atoms with Crippen LogP contribution in [0.3, 0.4) is 0 Å². The minimum Gasteiger partial charge on any atom is -0.443 e. The molecular formula is C10H22N2O3. The summed E-state index contributed by atoms with van der Waals surface area (Å²) in [5, 5.41) is 9.63. The summed E-state index contributed by atoms with van der Waals surface area (Å²) in [6, 6.07) is 0. The molecule has 0 heterocycles. The Hall–Kier alpha value is -0.810. The molecule has 0 aromatic carbocycles. The molecule has 0 aliphatic heterocycles. The van der Waals surface area contributed by atoms with Gasteiger partial charge < -0.3 is 9.84 Å². The molecule has 15 heavy (non-hydrogen) atoms. The van der Waals surface area contributed by atoms with Crippen molar-refractivity contribution in [3.63, 3.8) is 0 Å². The third kappa shape index (κ3) is 8.20. The van der Waals surface area contributed by atoms with Crippen LogP contribution in [0.5, 0.6) is 0 Å². The maximum atomic E-state index is 11.4. The number of amides is 1. The molecule has 0 saturated heterocycles. The van der Waals surface area contributed by atoms with E-state index in [0.29, 0.717) is 6.54 Å². The lowest BCUT2D eigenvalue weighted by atomic mass is 10.2. The maximum absolute atomic E-state index is 11.4. The molecule has 5 nitrogen and oxygen atoms in total. The highest BCUT2D eigenvalue weighted by molar-refractivity contribution is 5.67. The Balaban J connectivity index is 3.70. The van der Waals surface area contributed by atoms with Gasteiger partial charge in [-0.15, -0.1) is 0 Å². The summed E-state index contributed by atoms with van der Waals surface area (Å²) in [6.45, 7) is 6.02. The fourth-order valence-electron chi connectivity index (χ4n) is 0.983. The zero-order valence-electron chi connectivity index (χ0n) is 9.82. The third-order valence-electron chi connectivity index (χ3n) is 1.69. The van der Waals surface area contributed by atoms with Gasteiger partial charge in [-0.25, -0.2) is 15.6 Å². The fraction of sp³-hybridized carbons (Fsp3) is 0.900. The number of carbonyl (C=O) groups excluding carboxylic acids is 1. The van der Waals surface area contributed by atoms with Crippen LogP contribution in [0.25, 0.3) is 0 Å². The van der Waals surface area contributed by atoms with E-state index in [4.69, 9.17) is 15.7 Å². The first kappa shape index (κ1) is 14.2. The van der Waals surface area contributed by atoms with E-state index in [1.165, 1.54) is 0 Å². The second-order valence-electron chi connectivity index (χ2n) is 4.46. The quantitative estimate of drug-likeness (QED) is 0.315. The Labute approximate surface area is 91.2 Å². The molecule has 0 aromatic heterocycles. The van der Waals surface area contributed by atoms with E-state index in [1.54, 1.807) is 20.8 Å². The molecule has 90 valence electrons. The number of hydrazine groups is 1. The van der Waals surface area contributed by atoms with E-state index in [0.717, 1.165) is 24.3 Å². The van der Waals surface area contributed by atoms with Crippen molar-refractivity contribution in [1.82, 2.24) is 5.01 Å². The third-order valence-corrected chi connectivity index (χ3v) is 1.69. The Morgan fingerprint density at radius 3 is 2.40 bits per heavy atom. The van der Waals surface area contributed by atoms with Gasteiger partial charge in [-0.1, -0.05) is 0 Å². The van der Waals surface area contributed by atoms with Gasteiger partial charge in [0.1, 0.15) is 5.60 Å². The fourth-order valence-corrected chi connectivity index (χ4v) is 0.983. The second kappa shape index (κ2) is 6.63. The number of carbonyl (C=O) groups is 1. The van der Waals surface area contributed by atoms with Crippen LogP contribution in [-0.4, -0.2) is 35.0 Å². The Morgan fingerprint density at radius 2 is 1.93 bits per heavy atom. The van der Waals surface area contributed by atoms with Crippen LogP contribution in [0.4, 0.5) is 4.79 Å². The molecular weight excluding hydrogens is 196 g/mol. The lowest BCUT2D eigenvalue weighted by molar-refractivity contribution is 0.0244. The molecule has 5 heteroatoms. The lowest BCUT2D eigenvalue weighted by Crippen LogP contribution is -2.42. The molecule has 0 rings (SSSR count). The number of nitrogens with zero attached hydrogens (tertiary/aromatic N) is 1. The van der Waals surface area contributed by atoms with Gasteiger partial charge in [0.25, 0.3) is 0 Å². The molecule has 3 N–H and O–H groups in total. The lowest BCUT2D eigenvalue weighted by Gasteiger charge is -2.24. The van der Waals surface area contributed by atoms with Gasteiger partial charge in [0.2, 0.25) is 0 Å². The largest absolute Gasteiger partial charge is 0.443 e. The van der Waals surface area contributed by atoms with Crippen molar-refractivity contribution in [3.8, 4) is 0 Å². The van der Waals surface area contributed by atoms with Crippen LogP contribution < -0.4 is 5.84 Å². The molecule has 0 radical (unpaired) electrons. The van der Waals surface area contributed by atoms with Crippen molar-refractivity contribution in [1.29, 1.82) is 0 Å². The van der Waals surface area contributed by atoms with Gasteiger partial charge in [-0.3, -0.25) is 0 Å². The predicted molar refractivity (Wildman–Crippen MR) is 58.1 cm³/mol. The van der Waals surface area contributed by atoms with Crippen LogP contribution in [0.1, 0.15) is 40.0 Å². The van der Waals surface area contributed by atoms with Crippen molar-refractivity contribution in [2.75, 3.05) is 13.2 Å². The number of ether oxygens (including phenoxy) is 1. The van der Waals surface area contributed by atoms with Gasteiger partial charge in [0.15, 0.2) is 0 Å². The summed E-state index contributed by atoms with van der Waals surface area (Å²) in [5.74, 6) is 5.50. The number of hydrogen-bond donors (Lipinski definition) is 2. The maximum Gasteiger partial charge on any atom is 0.424 e. The summed E-state index contributed by atoms with van der Waals surface area (Å²) in [5.41, 5.74) is -0.514. The highest BCUT2D eigenvalue weighted by Gasteiger charge is 2.19. The van der Waals surface area contributed by atoms with Gasteiger partial charge in [0.05, 0.1) is 0 Å². The summed E-state index contributed by atoms with van der Waals surface area (Å²) in [7, 11) is 0. The average molecular weight is 218 g/mol. The standard InChI is InChI=1S/C10H22N2O3/c1-10(2,3)15-9(14)12(11)7-5-4-6-8-13/h13H,4-8,11H2,1-3H3.